The van der Waals surface area contributed by atoms with Gasteiger partial charge in [0.15, 0.2) is 5.82 Å². The molecule has 2 atom stereocenters. The average Bonchev–Trinajstić information content (AvgIpc) is 3.21. The number of fused-ring (bicyclic) bond motifs is 1. The van der Waals surface area contributed by atoms with Crippen LogP contribution in [0.3, 0.4) is 0 Å². The van der Waals surface area contributed by atoms with Crippen molar-refractivity contribution in [2.75, 3.05) is 17.7 Å². The van der Waals surface area contributed by atoms with Crippen LogP contribution in [0.5, 0.6) is 0 Å². The summed E-state index contributed by atoms with van der Waals surface area (Å²) in [7, 11) is -3.67. The molecule has 134 valence electrons. The molecule has 0 bridgehead atoms. The molecular formula is C13H17N7O3S2. The first-order chi connectivity index (χ1) is 11.8. The molecule has 1 saturated heterocycles. The zero-order chi connectivity index (χ0) is 18.2. The van der Waals surface area contributed by atoms with Crippen LogP contribution in [0.25, 0.3) is 16.2 Å². The molecule has 1 aliphatic rings. The zero-order valence-corrected chi connectivity index (χ0v) is 15.1. The highest BCUT2D eigenvalue weighted by molar-refractivity contribution is 7.85. The molecule has 3 N–H and O–H groups in total. The Labute approximate surface area is 148 Å². The molecule has 0 saturated carbocycles. The first kappa shape index (κ1) is 17.7. The molecule has 0 radical (unpaired) electrons. The van der Waals surface area contributed by atoms with Crippen LogP contribution >= 0.6 is 11.3 Å². The second kappa shape index (κ2) is 6.63. The third-order valence-electron chi connectivity index (χ3n) is 3.77. The van der Waals surface area contributed by atoms with E-state index in [1.165, 1.54) is 0 Å². The van der Waals surface area contributed by atoms with Crippen LogP contribution in [0.15, 0.2) is 23.7 Å². The molecule has 4 heterocycles. The number of nitrogens with zero attached hydrogens (tertiary/aromatic N) is 6. The van der Waals surface area contributed by atoms with Gasteiger partial charge in [0, 0.05) is 18.6 Å². The van der Waals surface area contributed by atoms with Crippen molar-refractivity contribution in [3.8, 4) is 10.6 Å². The minimum atomic E-state index is -3.67. The van der Waals surface area contributed by atoms with E-state index in [0.29, 0.717) is 11.9 Å². The Morgan fingerprint density at radius 2 is 2.16 bits per heavy atom. The molecular weight excluding hydrogens is 366 g/mol. The number of thiophene rings is 1. The first-order valence-electron chi connectivity index (χ1n) is 7.31. The Kier molecular flexibility index (Phi) is 4.69. The quantitative estimate of drug-likeness (QED) is 0.597. The topological polar surface area (TPSA) is 140 Å². The molecule has 25 heavy (non-hydrogen) atoms. The molecule has 3 aromatic heterocycles. The highest BCUT2D eigenvalue weighted by Crippen LogP contribution is 2.30. The van der Waals surface area contributed by atoms with Gasteiger partial charge in [-0.3, -0.25) is 4.55 Å². The van der Waals surface area contributed by atoms with Gasteiger partial charge in [-0.05, 0) is 28.8 Å². The van der Waals surface area contributed by atoms with E-state index in [2.05, 4.69) is 32.3 Å². The minimum Gasteiger partial charge on any atom is -0.347 e. The molecule has 0 aliphatic carbocycles. The van der Waals surface area contributed by atoms with Gasteiger partial charge in [0.05, 0.1) is 17.3 Å². The molecule has 10 nitrogen and oxygen atoms in total. The van der Waals surface area contributed by atoms with E-state index in [0.717, 1.165) is 22.9 Å². The highest BCUT2D eigenvalue weighted by atomic mass is 32.2. The van der Waals surface area contributed by atoms with Gasteiger partial charge >= 0.3 is 0 Å². The molecule has 1 aliphatic heterocycles. The predicted octanol–water partition coefficient (Wildman–Crippen LogP) is 0.288. The summed E-state index contributed by atoms with van der Waals surface area (Å²) in [4.78, 5) is 7.78. The van der Waals surface area contributed by atoms with Crippen molar-refractivity contribution in [2.45, 2.75) is 19.0 Å². The van der Waals surface area contributed by atoms with Crippen LogP contribution in [0.2, 0.25) is 0 Å². The van der Waals surface area contributed by atoms with Crippen LogP contribution in [0, 0.1) is 0 Å². The van der Waals surface area contributed by atoms with Crippen LogP contribution in [0.4, 0.5) is 5.82 Å². The molecule has 1 fully saturated rings. The monoisotopic (exact) mass is 383 g/mol. The maximum Gasteiger partial charge on any atom is 0.261 e. The lowest BCUT2D eigenvalue weighted by atomic mass is 9.99. The number of hydrogen-bond acceptors (Lipinski definition) is 9. The average molecular weight is 383 g/mol. The summed E-state index contributed by atoms with van der Waals surface area (Å²) in [6.07, 6.45) is 2.54. The van der Waals surface area contributed by atoms with E-state index < -0.39 is 10.1 Å². The van der Waals surface area contributed by atoms with Gasteiger partial charge in [-0.2, -0.15) is 12.9 Å². The molecule has 0 amide bonds. The molecule has 12 heteroatoms. The van der Waals surface area contributed by atoms with Crippen molar-refractivity contribution >= 4 is 32.9 Å². The van der Waals surface area contributed by atoms with Crippen molar-refractivity contribution in [3.05, 3.63) is 23.7 Å². The lowest BCUT2D eigenvalue weighted by Gasteiger charge is -2.45. The van der Waals surface area contributed by atoms with Gasteiger partial charge in [0.2, 0.25) is 5.65 Å². The third-order valence-corrected chi connectivity index (χ3v) is 4.66. The summed E-state index contributed by atoms with van der Waals surface area (Å²) in [5.74, 6) is 0.796. The van der Waals surface area contributed by atoms with Gasteiger partial charge in [0.1, 0.15) is 5.69 Å². The molecule has 0 aromatic carbocycles. The van der Waals surface area contributed by atoms with Gasteiger partial charge in [-0.25, -0.2) is 4.98 Å². The fourth-order valence-corrected chi connectivity index (χ4v) is 3.16. The number of nitrogens with two attached hydrogens (primary N) is 1. The second-order valence-electron chi connectivity index (χ2n) is 5.65. The molecule has 3 aromatic rings. The molecule has 2 unspecified atom stereocenters. The summed E-state index contributed by atoms with van der Waals surface area (Å²) in [6, 6.07) is 4.48. The Morgan fingerprint density at radius 3 is 2.72 bits per heavy atom. The zero-order valence-electron chi connectivity index (χ0n) is 13.5. The number of hydrogen-bond donors (Lipinski definition) is 2. The SMILES string of the molecule is CC1C(N)CN1c1ncc(-c2cccs2)n2nnnc12.CS(=O)(=O)O. The summed E-state index contributed by atoms with van der Waals surface area (Å²) >= 11 is 1.64. The smallest absolute Gasteiger partial charge is 0.261 e. The summed E-state index contributed by atoms with van der Waals surface area (Å²) in [5, 5.41) is 14.0. The number of anilines is 1. The number of aromatic nitrogens is 5. The van der Waals surface area contributed by atoms with E-state index in [9.17, 15) is 8.42 Å². The van der Waals surface area contributed by atoms with Crippen molar-refractivity contribution in [2.24, 2.45) is 5.73 Å². The Balaban J connectivity index is 0.000000324. The number of rotatable bonds is 2. The Hall–Kier alpha value is -2.15. The van der Waals surface area contributed by atoms with Crippen LogP contribution < -0.4 is 10.6 Å². The van der Waals surface area contributed by atoms with Gasteiger partial charge in [-0.1, -0.05) is 6.07 Å². The van der Waals surface area contributed by atoms with Crippen molar-refractivity contribution < 1.29 is 13.0 Å². The van der Waals surface area contributed by atoms with E-state index in [1.807, 2.05) is 23.7 Å². The van der Waals surface area contributed by atoms with Crippen LogP contribution in [-0.2, 0) is 10.1 Å². The highest BCUT2D eigenvalue weighted by Gasteiger charge is 2.35. The minimum absolute atomic E-state index is 0.185. The lowest BCUT2D eigenvalue weighted by molar-refractivity contribution is 0.402. The molecule has 0 spiro atoms. The Bertz CT molecular complexity index is 963. The normalized spacial score (nSPS) is 20.1. The van der Waals surface area contributed by atoms with Crippen molar-refractivity contribution in [1.82, 2.24) is 25.0 Å². The molecule has 4 rings (SSSR count). The lowest BCUT2D eigenvalue weighted by Crippen LogP contribution is -2.63. The van der Waals surface area contributed by atoms with E-state index in [-0.39, 0.29) is 12.1 Å². The predicted molar refractivity (Wildman–Crippen MR) is 94.1 cm³/mol. The van der Waals surface area contributed by atoms with E-state index in [1.54, 1.807) is 15.9 Å². The maximum atomic E-state index is 9.19. The largest absolute Gasteiger partial charge is 0.347 e. The fraction of sp³-hybridized carbons (Fsp3) is 0.385. The summed E-state index contributed by atoms with van der Waals surface area (Å²) in [6.45, 7) is 2.87. The van der Waals surface area contributed by atoms with Gasteiger partial charge in [0.25, 0.3) is 10.1 Å². The van der Waals surface area contributed by atoms with E-state index in [4.69, 9.17) is 10.3 Å². The third kappa shape index (κ3) is 3.76. The number of tetrazole rings is 1. The van der Waals surface area contributed by atoms with E-state index >= 15 is 0 Å². The van der Waals surface area contributed by atoms with Crippen LogP contribution in [-0.4, -0.2) is 62.9 Å². The van der Waals surface area contributed by atoms with Gasteiger partial charge in [-0.15, -0.1) is 16.4 Å². The Morgan fingerprint density at radius 1 is 1.44 bits per heavy atom. The summed E-state index contributed by atoms with van der Waals surface area (Å²) in [5.41, 5.74) is 7.53. The van der Waals surface area contributed by atoms with Gasteiger partial charge < -0.3 is 10.6 Å². The fourth-order valence-electron chi connectivity index (χ4n) is 2.44. The maximum absolute atomic E-state index is 9.19. The first-order valence-corrected chi connectivity index (χ1v) is 10.0. The van der Waals surface area contributed by atoms with Crippen molar-refractivity contribution in [3.63, 3.8) is 0 Å². The second-order valence-corrected chi connectivity index (χ2v) is 8.06. The van der Waals surface area contributed by atoms with Crippen molar-refractivity contribution in [1.29, 1.82) is 0 Å². The standard InChI is InChI=1S/C12H13N7S.CH4O3S/c1-7-8(13)6-18(7)11-12-15-16-17-19(12)9(5-14-11)10-3-2-4-20-10;1-5(2,3)4/h2-5,7-8H,6,13H2,1H3;1H3,(H,2,3,4). The summed E-state index contributed by atoms with van der Waals surface area (Å²) < 4.78 is 27.6. The van der Waals surface area contributed by atoms with Crippen LogP contribution in [0.1, 0.15) is 6.92 Å².